The summed E-state index contributed by atoms with van der Waals surface area (Å²) in [6, 6.07) is 11.8. The number of amides is 1. The molecule has 0 aliphatic carbocycles. The number of rotatable bonds is 7. The quantitative estimate of drug-likeness (QED) is 0.383. The van der Waals surface area contributed by atoms with Crippen LogP contribution in [0.4, 0.5) is 0 Å². The highest BCUT2D eigenvalue weighted by Gasteiger charge is 2.31. The minimum absolute atomic E-state index is 0.0195. The third kappa shape index (κ3) is 5.11. The number of hydrogen-bond acceptors (Lipinski definition) is 3. The average Bonchev–Trinajstić information content (AvgIpc) is 3.28. The van der Waals surface area contributed by atoms with E-state index in [-0.39, 0.29) is 30.1 Å². The number of aryl methyl sites for hydroxylation is 1. The molecule has 2 atom stereocenters. The monoisotopic (exact) mass is 500 g/mol. The number of nitrogens with one attached hydrogen (secondary N) is 1. The molecule has 0 spiro atoms. The van der Waals surface area contributed by atoms with E-state index in [1.54, 1.807) is 13.0 Å². The van der Waals surface area contributed by atoms with E-state index in [2.05, 4.69) is 30.1 Å². The van der Waals surface area contributed by atoms with Gasteiger partial charge in [0.25, 0.3) is 0 Å². The van der Waals surface area contributed by atoms with E-state index in [1.807, 2.05) is 23.2 Å². The van der Waals surface area contributed by atoms with Crippen LogP contribution in [0.5, 0.6) is 0 Å². The molecule has 2 aromatic carbocycles. The zero-order chi connectivity index (χ0) is 24.2. The zero-order valence-corrected chi connectivity index (χ0v) is 21.1. The number of H-pyrrole nitrogens is 1. The number of esters is 1. The lowest BCUT2D eigenvalue weighted by atomic mass is 9.87. The van der Waals surface area contributed by atoms with Crippen molar-refractivity contribution in [2.75, 3.05) is 19.7 Å². The maximum atomic E-state index is 13.5. The molecule has 0 radical (unpaired) electrons. The van der Waals surface area contributed by atoms with Gasteiger partial charge in [0.2, 0.25) is 5.91 Å². The van der Waals surface area contributed by atoms with Crippen molar-refractivity contribution in [2.24, 2.45) is 5.92 Å². The Labute approximate surface area is 210 Å². The summed E-state index contributed by atoms with van der Waals surface area (Å²) in [5.74, 6) is -0.664. The largest absolute Gasteiger partial charge is 0.466 e. The van der Waals surface area contributed by atoms with Crippen LogP contribution in [0.2, 0.25) is 10.0 Å². The van der Waals surface area contributed by atoms with Crippen molar-refractivity contribution in [3.8, 4) is 0 Å². The van der Waals surface area contributed by atoms with E-state index < -0.39 is 0 Å². The summed E-state index contributed by atoms with van der Waals surface area (Å²) >= 11 is 12.6. The maximum absolute atomic E-state index is 13.5. The van der Waals surface area contributed by atoms with Crippen LogP contribution in [-0.2, 0) is 20.7 Å². The standard InChI is InChI=1S/C27H30Cl2N2O3/c1-3-17-7-5-9-20-22(15-30-26(17)20)21(18-10-11-23(28)24(29)13-18)14-25(32)31-12-6-8-19(16-31)27(33)34-4-2/h5,7,9-11,13,15,19,21,30H,3-4,6,8,12,14,16H2,1-2H3/t19-,21+/m1/s1. The van der Waals surface area contributed by atoms with Crippen LogP contribution >= 0.6 is 23.2 Å². The minimum Gasteiger partial charge on any atom is -0.466 e. The number of hydrogen-bond donors (Lipinski definition) is 1. The van der Waals surface area contributed by atoms with E-state index in [1.165, 1.54) is 5.56 Å². The summed E-state index contributed by atoms with van der Waals surface area (Å²) in [6.45, 7) is 5.33. The lowest BCUT2D eigenvalue weighted by molar-refractivity contribution is -0.151. The Morgan fingerprint density at radius 3 is 2.74 bits per heavy atom. The Morgan fingerprint density at radius 1 is 1.18 bits per heavy atom. The molecule has 7 heteroatoms. The van der Waals surface area contributed by atoms with Gasteiger partial charge in [-0.1, -0.05) is 54.4 Å². The van der Waals surface area contributed by atoms with Crippen molar-refractivity contribution in [3.63, 3.8) is 0 Å². The van der Waals surface area contributed by atoms with Gasteiger partial charge >= 0.3 is 5.97 Å². The second-order valence-electron chi connectivity index (χ2n) is 8.80. The van der Waals surface area contributed by atoms with Gasteiger partial charge in [-0.3, -0.25) is 9.59 Å². The molecule has 4 rings (SSSR count). The Balaban J connectivity index is 1.66. The second-order valence-corrected chi connectivity index (χ2v) is 9.61. The summed E-state index contributed by atoms with van der Waals surface area (Å²) in [7, 11) is 0. The van der Waals surface area contributed by atoms with E-state index in [4.69, 9.17) is 27.9 Å². The normalized spacial score (nSPS) is 17.1. The van der Waals surface area contributed by atoms with Crippen molar-refractivity contribution >= 4 is 46.0 Å². The van der Waals surface area contributed by atoms with Gasteiger partial charge in [-0.15, -0.1) is 0 Å². The Morgan fingerprint density at radius 2 is 2.00 bits per heavy atom. The molecule has 1 N–H and O–H groups in total. The maximum Gasteiger partial charge on any atom is 0.310 e. The number of carbonyl (C=O) groups excluding carboxylic acids is 2. The molecule has 2 heterocycles. The Hall–Kier alpha value is -2.50. The third-order valence-corrected chi connectivity index (χ3v) is 7.45. The minimum atomic E-state index is -0.263. The van der Waals surface area contributed by atoms with Crippen molar-refractivity contribution < 1.29 is 14.3 Å². The summed E-state index contributed by atoms with van der Waals surface area (Å²) < 4.78 is 5.20. The predicted octanol–water partition coefficient (Wildman–Crippen LogP) is 6.36. The SMILES string of the molecule is CCOC(=O)[C@@H]1CCCN(C(=O)C[C@@H](c2ccc(Cl)c(Cl)c2)c2c[nH]c3c(CC)cccc23)C1. The second kappa shape index (κ2) is 10.8. The number of fused-ring (bicyclic) bond motifs is 1. The van der Waals surface area contributed by atoms with Crippen LogP contribution in [0.25, 0.3) is 10.9 Å². The molecule has 0 bridgehead atoms. The van der Waals surface area contributed by atoms with Crippen LogP contribution in [-0.4, -0.2) is 41.5 Å². The summed E-state index contributed by atoms with van der Waals surface area (Å²) in [4.78, 5) is 31.0. The van der Waals surface area contributed by atoms with E-state index in [9.17, 15) is 9.59 Å². The number of benzene rings is 2. The number of halogens is 2. The van der Waals surface area contributed by atoms with Crippen molar-refractivity contribution in [3.05, 3.63) is 69.3 Å². The van der Waals surface area contributed by atoms with Gasteiger partial charge in [0.15, 0.2) is 0 Å². The first-order valence-corrected chi connectivity index (χ1v) is 12.7. The summed E-state index contributed by atoms with van der Waals surface area (Å²) in [5, 5.41) is 2.05. The average molecular weight is 501 g/mol. The molecule has 1 fully saturated rings. The molecule has 3 aromatic rings. The molecule has 180 valence electrons. The Kier molecular flexibility index (Phi) is 7.84. The number of likely N-dealkylation sites (tertiary alicyclic amines) is 1. The van der Waals surface area contributed by atoms with Gasteiger partial charge in [-0.2, -0.15) is 0 Å². The van der Waals surface area contributed by atoms with Gasteiger partial charge in [0.1, 0.15) is 0 Å². The number of para-hydroxylation sites is 1. The van der Waals surface area contributed by atoms with Gasteiger partial charge in [0, 0.05) is 42.5 Å². The van der Waals surface area contributed by atoms with Crippen LogP contribution in [0, 0.1) is 5.92 Å². The van der Waals surface area contributed by atoms with Crippen molar-refractivity contribution in [2.45, 2.75) is 45.4 Å². The lowest BCUT2D eigenvalue weighted by Crippen LogP contribution is -2.43. The highest BCUT2D eigenvalue weighted by Crippen LogP contribution is 2.37. The Bertz CT molecular complexity index is 1190. The van der Waals surface area contributed by atoms with Gasteiger partial charge < -0.3 is 14.6 Å². The van der Waals surface area contributed by atoms with Crippen LogP contribution < -0.4 is 0 Å². The molecule has 0 saturated carbocycles. The highest BCUT2D eigenvalue weighted by molar-refractivity contribution is 6.42. The van der Waals surface area contributed by atoms with Crippen molar-refractivity contribution in [1.29, 1.82) is 0 Å². The number of ether oxygens (including phenoxy) is 1. The molecular weight excluding hydrogens is 471 g/mol. The van der Waals surface area contributed by atoms with E-state index >= 15 is 0 Å². The first-order valence-electron chi connectivity index (χ1n) is 11.9. The lowest BCUT2D eigenvalue weighted by Gasteiger charge is -2.32. The fraction of sp³-hybridized carbons (Fsp3) is 0.407. The summed E-state index contributed by atoms with van der Waals surface area (Å²) in [5.41, 5.74) is 4.31. The molecule has 5 nitrogen and oxygen atoms in total. The number of nitrogens with zero attached hydrogens (tertiary/aromatic N) is 1. The number of aromatic nitrogens is 1. The van der Waals surface area contributed by atoms with Gasteiger partial charge in [-0.25, -0.2) is 0 Å². The molecule has 1 saturated heterocycles. The van der Waals surface area contributed by atoms with Crippen LogP contribution in [0.1, 0.15) is 55.7 Å². The fourth-order valence-corrected chi connectivity index (χ4v) is 5.22. The van der Waals surface area contributed by atoms with Crippen LogP contribution in [0.15, 0.2) is 42.6 Å². The van der Waals surface area contributed by atoms with Crippen LogP contribution in [0.3, 0.4) is 0 Å². The highest BCUT2D eigenvalue weighted by atomic mass is 35.5. The van der Waals surface area contributed by atoms with Gasteiger partial charge in [0.05, 0.1) is 22.6 Å². The van der Waals surface area contributed by atoms with Crippen molar-refractivity contribution in [1.82, 2.24) is 9.88 Å². The number of piperidine rings is 1. The third-order valence-electron chi connectivity index (χ3n) is 6.71. The first kappa shape index (κ1) is 24.6. The fourth-order valence-electron chi connectivity index (χ4n) is 4.92. The molecule has 1 aromatic heterocycles. The molecule has 1 aliphatic rings. The molecule has 0 unspecified atom stereocenters. The zero-order valence-electron chi connectivity index (χ0n) is 19.6. The van der Waals surface area contributed by atoms with E-state index in [0.717, 1.165) is 41.3 Å². The topological polar surface area (TPSA) is 62.4 Å². The first-order chi connectivity index (χ1) is 16.4. The number of aromatic amines is 1. The molecule has 1 amide bonds. The summed E-state index contributed by atoms with van der Waals surface area (Å²) in [6.07, 6.45) is 4.73. The number of carbonyl (C=O) groups is 2. The predicted molar refractivity (Wildman–Crippen MR) is 137 cm³/mol. The molecule has 1 aliphatic heterocycles. The van der Waals surface area contributed by atoms with E-state index in [0.29, 0.717) is 29.7 Å². The molecular formula is C27H30Cl2N2O3. The van der Waals surface area contributed by atoms with Gasteiger partial charge in [-0.05, 0) is 55.0 Å². The molecule has 34 heavy (non-hydrogen) atoms. The smallest absolute Gasteiger partial charge is 0.310 e.